The quantitative estimate of drug-likeness (QED) is 0.668. The molecule has 0 aliphatic rings. The number of nitrogens with one attached hydrogen (secondary N) is 1. The lowest BCUT2D eigenvalue weighted by molar-refractivity contribution is -0.384. The molecule has 0 aliphatic heterocycles. The summed E-state index contributed by atoms with van der Waals surface area (Å²) in [4.78, 5) is 18.8. The van der Waals surface area contributed by atoms with Crippen molar-refractivity contribution in [1.29, 1.82) is 5.26 Å². The summed E-state index contributed by atoms with van der Waals surface area (Å²) < 4.78 is 0. The second kappa shape index (κ2) is 6.43. The highest BCUT2D eigenvalue weighted by molar-refractivity contribution is 5.65. The van der Waals surface area contributed by atoms with Gasteiger partial charge in [-0.1, -0.05) is 6.92 Å². The third-order valence-electron chi connectivity index (χ3n) is 2.74. The van der Waals surface area contributed by atoms with Gasteiger partial charge in [0.25, 0.3) is 5.69 Å². The van der Waals surface area contributed by atoms with E-state index >= 15 is 0 Å². The number of anilines is 1. The second-order valence-corrected chi connectivity index (χ2v) is 4.35. The number of pyridine rings is 2. The third kappa shape index (κ3) is 3.51. The molecule has 0 fully saturated rings. The van der Waals surface area contributed by atoms with Crippen LogP contribution in [0.1, 0.15) is 18.9 Å². The summed E-state index contributed by atoms with van der Waals surface area (Å²) in [5.74, 6) is 0.434. The molecule has 7 nitrogen and oxygen atoms in total. The van der Waals surface area contributed by atoms with Crippen molar-refractivity contribution in [3.05, 3.63) is 46.3 Å². The lowest BCUT2D eigenvalue weighted by Gasteiger charge is -2.07. The molecule has 0 saturated heterocycles. The first-order chi connectivity index (χ1) is 10.1. The summed E-state index contributed by atoms with van der Waals surface area (Å²) in [6, 6.07) is 6.34. The van der Waals surface area contributed by atoms with Gasteiger partial charge in [0.1, 0.15) is 11.9 Å². The average molecular weight is 283 g/mol. The van der Waals surface area contributed by atoms with Crippen LogP contribution < -0.4 is 5.32 Å². The van der Waals surface area contributed by atoms with Crippen LogP contribution in [0.4, 0.5) is 11.5 Å². The van der Waals surface area contributed by atoms with Crippen LogP contribution in [-0.4, -0.2) is 21.4 Å². The highest BCUT2D eigenvalue weighted by Gasteiger charge is 2.13. The molecule has 21 heavy (non-hydrogen) atoms. The molecule has 2 aromatic rings. The van der Waals surface area contributed by atoms with Crippen LogP contribution in [0.2, 0.25) is 0 Å². The van der Waals surface area contributed by atoms with Crippen LogP contribution in [-0.2, 0) is 0 Å². The minimum absolute atomic E-state index is 0.0547. The summed E-state index contributed by atoms with van der Waals surface area (Å²) in [5.41, 5.74) is 1.30. The lowest BCUT2D eigenvalue weighted by Crippen LogP contribution is -2.03. The zero-order chi connectivity index (χ0) is 15.2. The molecular formula is C14H13N5O2. The van der Waals surface area contributed by atoms with Gasteiger partial charge in [0, 0.05) is 30.6 Å². The highest BCUT2D eigenvalue weighted by atomic mass is 16.6. The van der Waals surface area contributed by atoms with Crippen molar-refractivity contribution in [2.24, 2.45) is 0 Å². The zero-order valence-electron chi connectivity index (χ0n) is 11.4. The molecule has 1 N–H and O–H groups in total. The van der Waals surface area contributed by atoms with Gasteiger partial charge < -0.3 is 5.32 Å². The van der Waals surface area contributed by atoms with Crippen LogP contribution >= 0.6 is 0 Å². The molecule has 0 spiro atoms. The number of nitro groups is 1. The number of nitriles is 1. The van der Waals surface area contributed by atoms with Gasteiger partial charge >= 0.3 is 0 Å². The fourth-order valence-corrected chi connectivity index (χ4v) is 1.75. The van der Waals surface area contributed by atoms with E-state index in [0.29, 0.717) is 29.2 Å². The third-order valence-corrected chi connectivity index (χ3v) is 2.74. The van der Waals surface area contributed by atoms with Crippen molar-refractivity contribution in [3.8, 4) is 17.3 Å². The molecule has 0 saturated carbocycles. The van der Waals surface area contributed by atoms with Crippen molar-refractivity contribution >= 4 is 11.5 Å². The number of aromatic nitrogens is 2. The molecule has 2 rings (SSSR count). The molecule has 0 aromatic carbocycles. The van der Waals surface area contributed by atoms with Gasteiger partial charge in [0.05, 0.1) is 22.2 Å². The van der Waals surface area contributed by atoms with Crippen LogP contribution in [0.5, 0.6) is 0 Å². The van der Waals surface area contributed by atoms with E-state index in [1.54, 1.807) is 6.07 Å². The topological polar surface area (TPSA) is 105 Å². The summed E-state index contributed by atoms with van der Waals surface area (Å²) in [7, 11) is 0. The number of hydrogen-bond donors (Lipinski definition) is 1. The maximum Gasteiger partial charge on any atom is 0.275 e. The van der Waals surface area contributed by atoms with Crippen LogP contribution in [0.3, 0.4) is 0 Å². The smallest absolute Gasteiger partial charge is 0.275 e. The van der Waals surface area contributed by atoms with E-state index < -0.39 is 4.92 Å². The highest BCUT2D eigenvalue weighted by Crippen LogP contribution is 2.25. The number of hydrogen-bond acceptors (Lipinski definition) is 6. The summed E-state index contributed by atoms with van der Waals surface area (Å²) in [6.45, 7) is 2.66. The molecule has 2 aromatic heterocycles. The van der Waals surface area contributed by atoms with Crippen molar-refractivity contribution in [2.75, 3.05) is 11.9 Å². The first-order valence-corrected chi connectivity index (χ1v) is 6.40. The van der Waals surface area contributed by atoms with Gasteiger partial charge in [-0.25, -0.2) is 4.98 Å². The molecule has 0 unspecified atom stereocenters. The second-order valence-electron chi connectivity index (χ2n) is 4.35. The average Bonchev–Trinajstić information content (AvgIpc) is 2.52. The van der Waals surface area contributed by atoms with E-state index in [0.717, 1.165) is 6.42 Å². The maximum absolute atomic E-state index is 11.0. The van der Waals surface area contributed by atoms with Crippen LogP contribution in [0.15, 0.2) is 30.6 Å². The Bertz CT molecular complexity index is 709. The van der Waals surface area contributed by atoms with Gasteiger partial charge in [-0.2, -0.15) is 5.26 Å². The van der Waals surface area contributed by atoms with Crippen molar-refractivity contribution in [3.63, 3.8) is 0 Å². The molecule has 0 radical (unpaired) electrons. The van der Waals surface area contributed by atoms with E-state index in [2.05, 4.69) is 15.3 Å². The van der Waals surface area contributed by atoms with E-state index in [4.69, 9.17) is 5.26 Å². The molecule has 0 bridgehead atoms. The van der Waals surface area contributed by atoms with Crippen LogP contribution in [0.25, 0.3) is 11.3 Å². The predicted molar refractivity (Wildman–Crippen MR) is 77.6 cm³/mol. The molecule has 0 aliphatic carbocycles. The first kappa shape index (κ1) is 14.4. The van der Waals surface area contributed by atoms with E-state index in [9.17, 15) is 10.1 Å². The predicted octanol–water partition coefficient (Wildman–Crippen LogP) is 2.75. The molecule has 106 valence electrons. The van der Waals surface area contributed by atoms with Crippen molar-refractivity contribution in [1.82, 2.24) is 9.97 Å². The molecular weight excluding hydrogens is 270 g/mol. The zero-order valence-corrected chi connectivity index (χ0v) is 11.4. The number of rotatable bonds is 5. The first-order valence-electron chi connectivity index (χ1n) is 6.40. The van der Waals surface area contributed by atoms with Gasteiger partial charge in [-0.05, 0) is 12.5 Å². The SMILES string of the molecule is CCCNc1cc([N+](=O)[O-])cc(-c2cncc(C#N)c2)n1. The molecule has 7 heteroatoms. The fourth-order valence-electron chi connectivity index (χ4n) is 1.75. The van der Waals surface area contributed by atoms with E-state index in [1.165, 1.54) is 24.5 Å². The Hall–Kier alpha value is -3.01. The van der Waals surface area contributed by atoms with Gasteiger partial charge in [-0.15, -0.1) is 0 Å². The largest absolute Gasteiger partial charge is 0.370 e. The summed E-state index contributed by atoms with van der Waals surface area (Å²) >= 11 is 0. The Kier molecular flexibility index (Phi) is 4.41. The Labute approximate surface area is 121 Å². The molecule has 0 atom stereocenters. The molecule has 2 heterocycles. The normalized spacial score (nSPS) is 9.90. The van der Waals surface area contributed by atoms with Gasteiger partial charge in [0.15, 0.2) is 0 Å². The van der Waals surface area contributed by atoms with Crippen LogP contribution in [0, 0.1) is 21.4 Å². The maximum atomic E-state index is 11.0. The Morgan fingerprint density at radius 3 is 2.86 bits per heavy atom. The standard InChI is InChI=1S/C14H13N5O2/c1-2-3-17-14-6-12(19(20)21)5-13(18-14)11-4-10(7-15)8-16-9-11/h4-6,8-9H,2-3H2,1H3,(H,17,18). The molecule has 0 amide bonds. The summed E-state index contributed by atoms with van der Waals surface area (Å²) in [5, 5.41) is 22.9. The lowest BCUT2D eigenvalue weighted by atomic mass is 10.1. The Balaban J connectivity index is 2.48. The summed E-state index contributed by atoms with van der Waals surface area (Å²) in [6.07, 6.45) is 3.83. The van der Waals surface area contributed by atoms with E-state index in [-0.39, 0.29) is 5.69 Å². The Morgan fingerprint density at radius 1 is 1.38 bits per heavy atom. The van der Waals surface area contributed by atoms with E-state index in [1.807, 2.05) is 13.0 Å². The monoisotopic (exact) mass is 283 g/mol. The minimum atomic E-state index is -0.468. The Morgan fingerprint density at radius 2 is 2.19 bits per heavy atom. The minimum Gasteiger partial charge on any atom is -0.370 e. The van der Waals surface area contributed by atoms with Crippen molar-refractivity contribution in [2.45, 2.75) is 13.3 Å². The fraction of sp³-hybridized carbons (Fsp3) is 0.214. The van der Waals surface area contributed by atoms with Gasteiger partial charge in [0.2, 0.25) is 0 Å². The van der Waals surface area contributed by atoms with Gasteiger partial charge in [-0.3, -0.25) is 15.1 Å². The number of nitrogens with zero attached hydrogens (tertiary/aromatic N) is 4. The van der Waals surface area contributed by atoms with Crippen molar-refractivity contribution < 1.29 is 4.92 Å².